The van der Waals surface area contributed by atoms with Gasteiger partial charge in [-0.2, -0.15) is 0 Å². The van der Waals surface area contributed by atoms with E-state index in [1.54, 1.807) is 13.1 Å². The number of aromatic nitrogens is 1. The molecule has 0 atom stereocenters. The molecule has 1 heterocycles. The second-order valence-corrected chi connectivity index (χ2v) is 4.81. The van der Waals surface area contributed by atoms with Gasteiger partial charge in [0.15, 0.2) is 5.82 Å². The van der Waals surface area contributed by atoms with Crippen molar-refractivity contribution in [2.45, 2.75) is 13.5 Å². The fourth-order valence-electron chi connectivity index (χ4n) is 1.94. The van der Waals surface area contributed by atoms with Crippen LogP contribution in [0.1, 0.15) is 12.5 Å². The van der Waals surface area contributed by atoms with Gasteiger partial charge in [-0.1, -0.05) is 30.3 Å². The van der Waals surface area contributed by atoms with Gasteiger partial charge in [0, 0.05) is 25.2 Å². The number of rotatable bonds is 7. The van der Waals surface area contributed by atoms with Crippen LogP contribution < -0.4 is 11.1 Å². The fourth-order valence-corrected chi connectivity index (χ4v) is 1.94. The quantitative estimate of drug-likeness (QED) is 0.464. The number of nitrogens with zero attached hydrogens (tertiary/aromatic N) is 2. The van der Waals surface area contributed by atoms with E-state index >= 15 is 0 Å². The first-order chi connectivity index (χ1) is 11.7. The van der Waals surface area contributed by atoms with Gasteiger partial charge in [0.1, 0.15) is 0 Å². The molecule has 0 amide bonds. The second-order valence-electron chi connectivity index (χ2n) is 4.81. The number of carbonyl (C=O) groups is 1. The standard InChI is InChI=1S/C18H20N4O2/c1-2-24-18(23)15(11-19)13-22-17-16(9-6-10-20-17)21-12-14-7-4-3-5-8-14/h3-11,13,21H,2,12,19H2,1H3/b15-11+,22-13+. The van der Waals surface area contributed by atoms with Crippen LogP contribution in [0.25, 0.3) is 0 Å². The van der Waals surface area contributed by atoms with Crippen LogP contribution in [0.3, 0.4) is 0 Å². The van der Waals surface area contributed by atoms with E-state index in [9.17, 15) is 4.79 Å². The molecule has 0 radical (unpaired) electrons. The van der Waals surface area contributed by atoms with Gasteiger partial charge in [0.2, 0.25) is 0 Å². The number of hydrogen-bond acceptors (Lipinski definition) is 6. The third-order valence-electron chi connectivity index (χ3n) is 3.13. The summed E-state index contributed by atoms with van der Waals surface area (Å²) in [6.45, 7) is 2.65. The lowest BCUT2D eigenvalue weighted by atomic mass is 10.2. The lowest BCUT2D eigenvalue weighted by Gasteiger charge is -2.08. The number of aliphatic imine (C=N–C) groups is 1. The van der Waals surface area contributed by atoms with Crippen LogP contribution in [0.4, 0.5) is 11.5 Å². The number of pyridine rings is 1. The molecular formula is C18H20N4O2. The molecule has 6 heteroatoms. The summed E-state index contributed by atoms with van der Waals surface area (Å²) in [5.74, 6) is -0.0458. The zero-order chi connectivity index (χ0) is 17.2. The molecule has 0 saturated carbocycles. The summed E-state index contributed by atoms with van der Waals surface area (Å²) >= 11 is 0. The number of benzene rings is 1. The summed E-state index contributed by atoms with van der Waals surface area (Å²) in [6.07, 6.45) is 4.16. The van der Waals surface area contributed by atoms with E-state index in [-0.39, 0.29) is 12.2 Å². The Hall–Kier alpha value is -3.15. The van der Waals surface area contributed by atoms with E-state index in [4.69, 9.17) is 10.5 Å². The predicted octanol–water partition coefficient (Wildman–Crippen LogP) is 2.80. The van der Waals surface area contributed by atoms with Crippen LogP contribution in [-0.4, -0.2) is 23.8 Å². The average molecular weight is 324 g/mol. The molecule has 2 aromatic rings. The van der Waals surface area contributed by atoms with Crippen LogP contribution in [0.15, 0.2) is 65.4 Å². The molecule has 0 spiro atoms. The Bertz CT molecular complexity index is 727. The Labute approximate surface area is 141 Å². The zero-order valence-electron chi connectivity index (χ0n) is 13.5. The van der Waals surface area contributed by atoms with Crippen LogP contribution in [0.5, 0.6) is 0 Å². The molecule has 1 aromatic heterocycles. The predicted molar refractivity (Wildman–Crippen MR) is 95.1 cm³/mol. The van der Waals surface area contributed by atoms with Crippen LogP contribution >= 0.6 is 0 Å². The van der Waals surface area contributed by atoms with Crippen molar-refractivity contribution >= 4 is 23.7 Å². The van der Waals surface area contributed by atoms with Crippen molar-refractivity contribution in [1.29, 1.82) is 0 Å². The van der Waals surface area contributed by atoms with Gasteiger partial charge < -0.3 is 15.8 Å². The van der Waals surface area contributed by atoms with Crippen molar-refractivity contribution in [3.63, 3.8) is 0 Å². The third kappa shape index (κ3) is 4.95. The highest BCUT2D eigenvalue weighted by Gasteiger charge is 2.08. The largest absolute Gasteiger partial charge is 0.462 e. The van der Waals surface area contributed by atoms with Crippen molar-refractivity contribution in [3.8, 4) is 0 Å². The summed E-state index contributed by atoms with van der Waals surface area (Å²) in [6, 6.07) is 13.7. The molecule has 0 saturated heterocycles. The lowest BCUT2D eigenvalue weighted by Crippen LogP contribution is -2.10. The Morgan fingerprint density at radius 2 is 2.08 bits per heavy atom. The molecule has 124 valence electrons. The van der Waals surface area contributed by atoms with Crippen LogP contribution in [-0.2, 0) is 16.1 Å². The monoisotopic (exact) mass is 324 g/mol. The number of nitrogens with two attached hydrogens (primary N) is 1. The molecule has 0 unspecified atom stereocenters. The maximum Gasteiger partial charge on any atom is 0.341 e. The van der Waals surface area contributed by atoms with Crippen molar-refractivity contribution in [1.82, 2.24) is 4.98 Å². The molecule has 0 bridgehead atoms. The van der Waals surface area contributed by atoms with Crippen molar-refractivity contribution < 1.29 is 9.53 Å². The SMILES string of the molecule is CCOC(=O)C(/C=N/c1ncccc1NCc1ccccc1)=C/N. The molecule has 0 fully saturated rings. The maximum atomic E-state index is 11.7. The molecular weight excluding hydrogens is 304 g/mol. The first-order valence-corrected chi connectivity index (χ1v) is 7.60. The Kier molecular flexibility index (Phi) is 6.52. The van der Waals surface area contributed by atoms with Gasteiger partial charge in [-0.25, -0.2) is 14.8 Å². The summed E-state index contributed by atoms with van der Waals surface area (Å²) in [7, 11) is 0. The number of ether oxygens (including phenoxy) is 1. The molecule has 24 heavy (non-hydrogen) atoms. The van der Waals surface area contributed by atoms with Crippen molar-refractivity contribution in [2.24, 2.45) is 10.7 Å². The number of hydrogen-bond donors (Lipinski definition) is 2. The number of esters is 1. The number of nitrogens with one attached hydrogen (secondary N) is 1. The van der Waals surface area contributed by atoms with Gasteiger partial charge in [0.05, 0.1) is 17.9 Å². The fraction of sp³-hybridized carbons (Fsp3) is 0.167. The summed E-state index contributed by atoms with van der Waals surface area (Å²) in [5.41, 5.74) is 7.53. The highest BCUT2D eigenvalue weighted by molar-refractivity contribution is 6.09. The first kappa shape index (κ1) is 17.2. The minimum Gasteiger partial charge on any atom is -0.462 e. The van der Waals surface area contributed by atoms with Gasteiger partial charge >= 0.3 is 5.97 Å². The minimum absolute atomic E-state index is 0.177. The average Bonchev–Trinajstić information content (AvgIpc) is 2.62. The van der Waals surface area contributed by atoms with Gasteiger partial charge in [-0.15, -0.1) is 0 Å². The molecule has 1 aromatic carbocycles. The topological polar surface area (TPSA) is 89.6 Å². The highest BCUT2D eigenvalue weighted by Crippen LogP contribution is 2.21. The molecule has 2 rings (SSSR count). The van der Waals surface area contributed by atoms with E-state index in [2.05, 4.69) is 15.3 Å². The smallest absolute Gasteiger partial charge is 0.341 e. The van der Waals surface area contributed by atoms with Crippen LogP contribution in [0.2, 0.25) is 0 Å². The van der Waals surface area contributed by atoms with Crippen molar-refractivity contribution in [2.75, 3.05) is 11.9 Å². The number of anilines is 1. The Morgan fingerprint density at radius 3 is 2.79 bits per heavy atom. The highest BCUT2D eigenvalue weighted by atomic mass is 16.5. The number of carbonyl (C=O) groups excluding carboxylic acids is 1. The molecule has 3 N–H and O–H groups in total. The van der Waals surface area contributed by atoms with Gasteiger partial charge in [-0.3, -0.25) is 0 Å². The summed E-state index contributed by atoms with van der Waals surface area (Å²) in [4.78, 5) is 20.2. The Balaban J connectivity index is 2.10. The molecule has 0 aliphatic carbocycles. The molecule has 0 aliphatic rings. The summed E-state index contributed by atoms with van der Waals surface area (Å²) in [5, 5.41) is 3.28. The summed E-state index contributed by atoms with van der Waals surface area (Å²) < 4.78 is 4.90. The van der Waals surface area contributed by atoms with Crippen LogP contribution in [0, 0.1) is 0 Å². The van der Waals surface area contributed by atoms with Gasteiger partial charge in [-0.05, 0) is 24.6 Å². The van der Waals surface area contributed by atoms with E-state index < -0.39 is 5.97 Å². The lowest BCUT2D eigenvalue weighted by molar-refractivity contribution is -0.137. The van der Waals surface area contributed by atoms with Crippen molar-refractivity contribution in [3.05, 3.63) is 66.0 Å². The second kappa shape index (κ2) is 9.09. The zero-order valence-corrected chi connectivity index (χ0v) is 13.5. The minimum atomic E-state index is -0.515. The third-order valence-corrected chi connectivity index (χ3v) is 3.13. The molecule has 6 nitrogen and oxygen atoms in total. The first-order valence-electron chi connectivity index (χ1n) is 7.60. The molecule has 0 aliphatic heterocycles. The van der Waals surface area contributed by atoms with E-state index in [0.29, 0.717) is 12.4 Å². The normalized spacial score (nSPS) is 11.5. The van der Waals surface area contributed by atoms with E-state index in [1.807, 2.05) is 42.5 Å². The van der Waals surface area contributed by atoms with E-state index in [0.717, 1.165) is 11.3 Å². The Morgan fingerprint density at radius 1 is 1.29 bits per heavy atom. The van der Waals surface area contributed by atoms with E-state index in [1.165, 1.54) is 12.4 Å². The van der Waals surface area contributed by atoms with Gasteiger partial charge in [0.25, 0.3) is 0 Å². The maximum absolute atomic E-state index is 11.7.